The van der Waals surface area contributed by atoms with E-state index in [1.807, 2.05) is 0 Å². The second-order valence-corrected chi connectivity index (χ2v) is 5.83. The van der Waals surface area contributed by atoms with Crippen molar-refractivity contribution in [2.75, 3.05) is 25.5 Å². The number of ether oxygens (including phenoxy) is 1. The fraction of sp³-hybridized carbons (Fsp3) is 0.263. The van der Waals surface area contributed by atoms with Gasteiger partial charge in [-0.2, -0.15) is 0 Å². The molecule has 27 heavy (non-hydrogen) atoms. The topological polar surface area (TPSA) is 102 Å². The Morgan fingerprint density at radius 1 is 1.22 bits per heavy atom. The molecule has 0 aliphatic rings. The molecule has 0 radical (unpaired) electrons. The minimum Gasteiger partial charge on any atom is -0.497 e. The minimum atomic E-state index is -0.577. The predicted octanol–water partition coefficient (Wildman–Crippen LogP) is 3.01. The quantitative estimate of drug-likeness (QED) is 0.595. The van der Waals surface area contributed by atoms with Crippen LogP contribution < -0.4 is 10.1 Å². The number of likely N-dealkylation sites (N-methyl/N-ethyl adjacent to an activating group) is 1. The summed E-state index contributed by atoms with van der Waals surface area (Å²) in [6.07, 6.45) is 0. The molecule has 142 valence electrons. The van der Waals surface area contributed by atoms with Gasteiger partial charge in [-0.15, -0.1) is 0 Å². The number of nitrogens with one attached hydrogen (secondary N) is 1. The van der Waals surface area contributed by atoms with Crippen molar-refractivity contribution in [3.63, 3.8) is 0 Å². The highest BCUT2D eigenvalue weighted by Crippen LogP contribution is 2.24. The molecule has 0 aromatic heterocycles. The maximum Gasteiger partial charge on any atom is 0.285 e. The van der Waals surface area contributed by atoms with E-state index in [4.69, 9.17) is 4.74 Å². The Kier molecular flexibility index (Phi) is 6.48. The molecule has 0 fully saturated rings. The highest BCUT2D eigenvalue weighted by Gasteiger charge is 2.26. The lowest BCUT2D eigenvalue weighted by atomic mass is 10.1. The average Bonchev–Trinajstić information content (AvgIpc) is 2.65. The summed E-state index contributed by atoms with van der Waals surface area (Å²) in [5.74, 6) is -0.380. The second-order valence-electron chi connectivity index (χ2n) is 5.83. The van der Waals surface area contributed by atoms with Gasteiger partial charge in [-0.3, -0.25) is 19.7 Å². The first kappa shape index (κ1) is 19.9. The summed E-state index contributed by atoms with van der Waals surface area (Å²) >= 11 is 0. The molecule has 0 unspecified atom stereocenters. The van der Waals surface area contributed by atoms with Crippen LogP contribution in [0.3, 0.4) is 0 Å². The van der Waals surface area contributed by atoms with Gasteiger partial charge in [-0.1, -0.05) is 18.2 Å². The molecule has 0 saturated carbocycles. The van der Waals surface area contributed by atoms with Gasteiger partial charge in [0.25, 0.3) is 11.6 Å². The number of carbonyl (C=O) groups excluding carboxylic acids is 2. The SMILES string of the molecule is CCN(CC(=O)Nc1cccc(OC)c1)C(=O)c1cccc(C)c1[N+](=O)[O-]. The fourth-order valence-electron chi connectivity index (χ4n) is 2.65. The third-order valence-electron chi connectivity index (χ3n) is 4.01. The average molecular weight is 371 g/mol. The molecule has 2 amide bonds. The molecular formula is C19H21N3O5. The third kappa shape index (κ3) is 4.81. The number of amides is 2. The van der Waals surface area contributed by atoms with Gasteiger partial charge in [0.15, 0.2) is 0 Å². The van der Waals surface area contributed by atoms with Gasteiger partial charge in [-0.25, -0.2) is 0 Å². The van der Waals surface area contributed by atoms with Crippen LogP contribution in [0.25, 0.3) is 0 Å². The van der Waals surface area contributed by atoms with Crippen LogP contribution in [-0.4, -0.2) is 41.8 Å². The number of anilines is 1. The van der Waals surface area contributed by atoms with Gasteiger partial charge < -0.3 is 15.0 Å². The zero-order chi connectivity index (χ0) is 20.0. The van der Waals surface area contributed by atoms with E-state index in [1.54, 1.807) is 50.2 Å². The second kappa shape index (κ2) is 8.79. The van der Waals surface area contributed by atoms with Gasteiger partial charge in [0.2, 0.25) is 5.91 Å². The summed E-state index contributed by atoms with van der Waals surface area (Å²) in [4.78, 5) is 37.1. The van der Waals surface area contributed by atoms with Crippen LogP contribution in [0.15, 0.2) is 42.5 Å². The van der Waals surface area contributed by atoms with Crippen molar-refractivity contribution in [3.8, 4) is 5.75 Å². The molecule has 0 atom stereocenters. The summed E-state index contributed by atoms with van der Waals surface area (Å²) in [5.41, 5.74) is 0.650. The molecule has 0 heterocycles. The molecule has 0 bridgehead atoms. The van der Waals surface area contributed by atoms with E-state index in [0.29, 0.717) is 17.0 Å². The standard InChI is InChI=1S/C19H21N3O5/c1-4-21(12-17(23)20-14-8-6-9-15(11-14)27-3)19(24)16-10-5-7-13(2)18(16)22(25)26/h5-11H,4,12H2,1-3H3,(H,20,23). The van der Waals surface area contributed by atoms with E-state index in [1.165, 1.54) is 18.1 Å². The van der Waals surface area contributed by atoms with E-state index >= 15 is 0 Å². The Bertz CT molecular complexity index is 866. The van der Waals surface area contributed by atoms with Crippen LogP contribution in [0, 0.1) is 17.0 Å². The number of hydrogen-bond acceptors (Lipinski definition) is 5. The largest absolute Gasteiger partial charge is 0.497 e. The van der Waals surface area contributed by atoms with E-state index in [0.717, 1.165) is 0 Å². The van der Waals surface area contributed by atoms with Crippen LogP contribution in [0.2, 0.25) is 0 Å². The highest BCUT2D eigenvalue weighted by molar-refractivity contribution is 6.02. The monoisotopic (exact) mass is 371 g/mol. The summed E-state index contributed by atoms with van der Waals surface area (Å²) in [6.45, 7) is 3.28. The van der Waals surface area contributed by atoms with Gasteiger partial charge in [0.05, 0.1) is 12.0 Å². The molecule has 1 N–H and O–H groups in total. The van der Waals surface area contributed by atoms with E-state index in [-0.39, 0.29) is 24.3 Å². The molecule has 8 nitrogen and oxygen atoms in total. The van der Waals surface area contributed by atoms with E-state index in [9.17, 15) is 19.7 Å². The lowest BCUT2D eigenvalue weighted by molar-refractivity contribution is -0.385. The fourth-order valence-corrected chi connectivity index (χ4v) is 2.65. The lowest BCUT2D eigenvalue weighted by Gasteiger charge is -2.20. The first-order chi connectivity index (χ1) is 12.9. The van der Waals surface area contributed by atoms with Gasteiger partial charge in [0.1, 0.15) is 17.9 Å². The first-order valence-corrected chi connectivity index (χ1v) is 8.34. The number of nitro benzene ring substituents is 1. The number of methoxy groups -OCH3 is 1. The van der Waals surface area contributed by atoms with Crippen molar-refractivity contribution in [1.29, 1.82) is 0 Å². The zero-order valence-corrected chi connectivity index (χ0v) is 15.4. The van der Waals surface area contributed by atoms with Crippen molar-refractivity contribution in [1.82, 2.24) is 4.90 Å². The summed E-state index contributed by atoms with van der Waals surface area (Å²) < 4.78 is 5.10. The van der Waals surface area contributed by atoms with E-state index < -0.39 is 16.7 Å². The van der Waals surface area contributed by atoms with Gasteiger partial charge in [0, 0.05) is 23.9 Å². The molecule has 2 aromatic rings. The Balaban J connectivity index is 2.17. The predicted molar refractivity (Wildman–Crippen MR) is 101 cm³/mol. The maximum atomic E-state index is 12.8. The number of benzene rings is 2. The van der Waals surface area contributed by atoms with Gasteiger partial charge in [-0.05, 0) is 32.0 Å². The maximum absolute atomic E-state index is 12.8. The number of hydrogen-bond donors (Lipinski definition) is 1. The van der Waals surface area contributed by atoms with Crippen LogP contribution in [0.4, 0.5) is 11.4 Å². The summed E-state index contributed by atoms with van der Waals surface area (Å²) in [5, 5.41) is 14.0. The first-order valence-electron chi connectivity index (χ1n) is 8.34. The molecule has 0 spiro atoms. The molecule has 0 aliphatic heterocycles. The Morgan fingerprint density at radius 2 is 1.93 bits per heavy atom. The summed E-state index contributed by atoms with van der Waals surface area (Å²) in [6, 6.07) is 11.4. The number of nitro groups is 1. The molecule has 0 saturated heterocycles. The number of para-hydroxylation sites is 1. The molecular weight excluding hydrogens is 350 g/mol. The van der Waals surface area contributed by atoms with Crippen molar-refractivity contribution in [3.05, 3.63) is 63.7 Å². The molecule has 0 aliphatic carbocycles. The Labute approximate surface area is 156 Å². The van der Waals surface area contributed by atoms with E-state index in [2.05, 4.69) is 5.32 Å². The number of carbonyl (C=O) groups is 2. The van der Waals surface area contributed by atoms with Crippen LogP contribution in [0.1, 0.15) is 22.8 Å². The Morgan fingerprint density at radius 3 is 2.56 bits per heavy atom. The summed E-state index contributed by atoms with van der Waals surface area (Å²) in [7, 11) is 1.52. The van der Waals surface area contributed by atoms with Gasteiger partial charge >= 0.3 is 0 Å². The van der Waals surface area contributed by atoms with Crippen LogP contribution in [0.5, 0.6) is 5.75 Å². The number of rotatable bonds is 7. The van der Waals surface area contributed by atoms with Crippen molar-refractivity contribution in [2.45, 2.75) is 13.8 Å². The molecule has 2 aromatic carbocycles. The number of aryl methyl sites for hydroxylation is 1. The normalized spacial score (nSPS) is 10.2. The van der Waals surface area contributed by atoms with Crippen molar-refractivity contribution >= 4 is 23.2 Å². The smallest absolute Gasteiger partial charge is 0.285 e. The van der Waals surface area contributed by atoms with Crippen molar-refractivity contribution < 1.29 is 19.2 Å². The lowest BCUT2D eigenvalue weighted by Crippen LogP contribution is -2.38. The van der Waals surface area contributed by atoms with Crippen LogP contribution in [-0.2, 0) is 4.79 Å². The zero-order valence-electron chi connectivity index (χ0n) is 15.4. The van der Waals surface area contributed by atoms with Crippen molar-refractivity contribution in [2.24, 2.45) is 0 Å². The highest BCUT2D eigenvalue weighted by atomic mass is 16.6. The number of nitrogens with zero attached hydrogens (tertiary/aromatic N) is 2. The minimum absolute atomic E-state index is 0.0315. The third-order valence-corrected chi connectivity index (χ3v) is 4.01. The molecule has 2 rings (SSSR count). The Hall–Kier alpha value is -3.42. The van der Waals surface area contributed by atoms with Crippen LogP contribution >= 0.6 is 0 Å². The molecule has 8 heteroatoms.